The van der Waals surface area contributed by atoms with Crippen molar-refractivity contribution in [1.29, 1.82) is 0 Å². The third-order valence-electron chi connectivity index (χ3n) is 3.75. The molecule has 1 amide bonds. The number of morpholine rings is 1. The lowest BCUT2D eigenvalue weighted by molar-refractivity contribution is -0.134. The number of carbonyl (C=O) groups excluding carboxylic acids is 1. The first-order chi connectivity index (χ1) is 7.59. The fraction of sp³-hybridized carbons (Fsp3) is 0.917. The van der Waals surface area contributed by atoms with E-state index in [1.54, 1.807) is 0 Å². The molecule has 0 aromatic heterocycles. The van der Waals surface area contributed by atoms with Crippen LogP contribution in [0.1, 0.15) is 20.3 Å². The Kier molecular flexibility index (Phi) is 3.50. The van der Waals surface area contributed by atoms with Crippen molar-refractivity contribution in [2.75, 3.05) is 39.4 Å². The summed E-state index contributed by atoms with van der Waals surface area (Å²) >= 11 is 0. The Bertz CT molecular complexity index is 260. The lowest BCUT2D eigenvalue weighted by Crippen LogP contribution is -2.45. The minimum atomic E-state index is 0.210. The summed E-state index contributed by atoms with van der Waals surface area (Å²) in [5.74, 6) is 0.965. The number of nitrogens with zero attached hydrogens (tertiary/aromatic N) is 1. The molecule has 0 aromatic rings. The van der Waals surface area contributed by atoms with E-state index in [2.05, 4.69) is 19.2 Å². The topological polar surface area (TPSA) is 41.6 Å². The number of hydrogen-bond donors (Lipinski definition) is 1. The SMILES string of the molecule is CC1(C)CC1CNCC(=O)N1CCOCC1. The Labute approximate surface area is 97.3 Å². The maximum absolute atomic E-state index is 11.8. The average molecular weight is 226 g/mol. The molecule has 2 rings (SSSR count). The van der Waals surface area contributed by atoms with E-state index in [9.17, 15) is 4.79 Å². The zero-order valence-electron chi connectivity index (χ0n) is 10.3. The van der Waals surface area contributed by atoms with Crippen molar-refractivity contribution in [3.8, 4) is 0 Å². The Balaban J connectivity index is 1.60. The van der Waals surface area contributed by atoms with Crippen LogP contribution in [0.15, 0.2) is 0 Å². The van der Waals surface area contributed by atoms with Crippen LogP contribution in [0, 0.1) is 11.3 Å². The van der Waals surface area contributed by atoms with Crippen molar-refractivity contribution in [3.63, 3.8) is 0 Å². The van der Waals surface area contributed by atoms with Gasteiger partial charge in [-0.3, -0.25) is 4.79 Å². The molecule has 0 radical (unpaired) electrons. The van der Waals surface area contributed by atoms with Crippen LogP contribution in [-0.2, 0) is 9.53 Å². The van der Waals surface area contributed by atoms with Gasteiger partial charge in [0.2, 0.25) is 5.91 Å². The second-order valence-corrected chi connectivity index (χ2v) is 5.51. The van der Waals surface area contributed by atoms with E-state index in [0.717, 1.165) is 25.6 Å². The summed E-state index contributed by atoms with van der Waals surface area (Å²) in [5, 5.41) is 3.27. The highest BCUT2D eigenvalue weighted by molar-refractivity contribution is 5.78. The Morgan fingerprint density at radius 1 is 1.44 bits per heavy atom. The summed E-state index contributed by atoms with van der Waals surface area (Å²) in [5.41, 5.74) is 0.495. The van der Waals surface area contributed by atoms with Gasteiger partial charge >= 0.3 is 0 Å². The maximum atomic E-state index is 11.8. The zero-order valence-corrected chi connectivity index (χ0v) is 10.3. The van der Waals surface area contributed by atoms with E-state index < -0.39 is 0 Å². The van der Waals surface area contributed by atoms with Crippen molar-refractivity contribution >= 4 is 5.91 Å². The number of nitrogens with one attached hydrogen (secondary N) is 1. The molecule has 1 aliphatic carbocycles. The molecule has 2 fully saturated rings. The normalized spacial score (nSPS) is 27.9. The summed E-state index contributed by atoms with van der Waals surface area (Å²) in [4.78, 5) is 13.7. The fourth-order valence-corrected chi connectivity index (χ4v) is 2.20. The molecule has 0 bridgehead atoms. The summed E-state index contributed by atoms with van der Waals surface area (Å²) in [6.07, 6.45) is 1.28. The summed E-state index contributed by atoms with van der Waals surface area (Å²) in [7, 11) is 0. The Hall–Kier alpha value is -0.610. The molecule has 1 N–H and O–H groups in total. The first-order valence-corrected chi connectivity index (χ1v) is 6.16. The molecule has 1 aliphatic heterocycles. The molecule has 4 nitrogen and oxygen atoms in total. The largest absolute Gasteiger partial charge is 0.378 e. The van der Waals surface area contributed by atoms with Crippen LogP contribution in [0.4, 0.5) is 0 Å². The molecule has 4 heteroatoms. The predicted octanol–water partition coefficient (Wildman–Crippen LogP) is 0.481. The molecule has 16 heavy (non-hydrogen) atoms. The highest BCUT2D eigenvalue weighted by Gasteiger charge is 2.44. The molecule has 0 aromatic carbocycles. The van der Waals surface area contributed by atoms with E-state index in [0.29, 0.717) is 25.2 Å². The summed E-state index contributed by atoms with van der Waals surface area (Å²) in [6, 6.07) is 0. The second-order valence-electron chi connectivity index (χ2n) is 5.51. The lowest BCUT2D eigenvalue weighted by Gasteiger charge is -2.27. The van der Waals surface area contributed by atoms with Crippen molar-refractivity contribution < 1.29 is 9.53 Å². The predicted molar refractivity (Wildman–Crippen MR) is 62.2 cm³/mol. The van der Waals surface area contributed by atoms with E-state index >= 15 is 0 Å². The van der Waals surface area contributed by atoms with E-state index in [1.165, 1.54) is 6.42 Å². The fourth-order valence-electron chi connectivity index (χ4n) is 2.20. The van der Waals surface area contributed by atoms with Gasteiger partial charge in [-0.15, -0.1) is 0 Å². The minimum Gasteiger partial charge on any atom is -0.378 e. The van der Waals surface area contributed by atoms with Crippen LogP contribution in [0.5, 0.6) is 0 Å². The third-order valence-corrected chi connectivity index (χ3v) is 3.75. The van der Waals surface area contributed by atoms with Gasteiger partial charge in [-0.05, 0) is 24.3 Å². The number of ether oxygens (including phenoxy) is 1. The van der Waals surface area contributed by atoms with Gasteiger partial charge in [0.25, 0.3) is 0 Å². The average Bonchev–Trinajstić information content (AvgIpc) is 2.87. The first-order valence-electron chi connectivity index (χ1n) is 6.16. The summed E-state index contributed by atoms with van der Waals surface area (Å²) in [6.45, 7) is 8.87. The van der Waals surface area contributed by atoms with E-state index in [4.69, 9.17) is 4.74 Å². The van der Waals surface area contributed by atoms with Gasteiger partial charge in [0.1, 0.15) is 0 Å². The van der Waals surface area contributed by atoms with Crippen LogP contribution < -0.4 is 5.32 Å². The number of carbonyl (C=O) groups is 1. The van der Waals surface area contributed by atoms with E-state index in [-0.39, 0.29) is 5.91 Å². The van der Waals surface area contributed by atoms with Gasteiger partial charge in [0.15, 0.2) is 0 Å². The maximum Gasteiger partial charge on any atom is 0.236 e. The molecular weight excluding hydrogens is 204 g/mol. The lowest BCUT2D eigenvalue weighted by atomic mass is 10.1. The molecule has 2 aliphatic rings. The van der Waals surface area contributed by atoms with Crippen LogP contribution in [0.3, 0.4) is 0 Å². The molecule has 0 spiro atoms. The number of rotatable bonds is 4. The third kappa shape index (κ3) is 2.95. The standard InChI is InChI=1S/C12H22N2O2/c1-12(2)7-10(12)8-13-9-11(15)14-3-5-16-6-4-14/h10,13H,3-9H2,1-2H3. The number of amides is 1. The molecule has 1 saturated carbocycles. The molecule has 92 valence electrons. The van der Waals surface area contributed by atoms with Crippen LogP contribution >= 0.6 is 0 Å². The Morgan fingerprint density at radius 2 is 2.06 bits per heavy atom. The van der Waals surface area contributed by atoms with Gasteiger partial charge < -0.3 is 15.0 Å². The molecule has 1 heterocycles. The molecular formula is C12H22N2O2. The molecule has 1 atom stereocenters. The highest BCUT2D eigenvalue weighted by atomic mass is 16.5. The highest BCUT2D eigenvalue weighted by Crippen LogP contribution is 2.50. The minimum absolute atomic E-state index is 0.210. The van der Waals surface area contributed by atoms with Crippen molar-refractivity contribution in [2.24, 2.45) is 11.3 Å². The number of hydrogen-bond acceptors (Lipinski definition) is 3. The Morgan fingerprint density at radius 3 is 2.62 bits per heavy atom. The first kappa shape index (κ1) is 11.9. The quantitative estimate of drug-likeness (QED) is 0.758. The van der Waals surface area contributed by atoms with Crippen molar-refractivity contribution in [3.05, 3.63) is 0 Å². The smallest absolute Gasteiger partial charge is 0.236 e. The van der Waals surface area contributed by atoms with Crippen LogP contribution in [-0.4, -0.2) is 50.2 Å². The van der Waals surface area contributed by atoms with Gasteiger partial charge in [-0.2, -0.15) is 0 Å². The van der Waals surface area contributed by atoms with Crippen molar-refractivity contribution in [2.45, 2.75) is 20.3 Å². The van der Waals surface area contributed by atoms with E-state index in [1.807, 2.05) is 4.90 Å². The second kappa shape index (κ2) is 4.72. The van der Waals surface area contributed by atoms with Gasteiger partial charge in [0.05, 0.1) is 19.8 Å². The zero-order chi connectivity index (χ0) is 11.6. The van der Waals surface area contributed by atoms with Crippen molar-refractivity contribution in [1.82, 2.24) is 10.2 Å². The monoisotopic (exact) mass is 226 g/mol. The van der Waals surface area contributed by atoms with Gasteiger partial charge in [0, 0.05) is 13.1 Å². The van der Waals surface area contributed by atoms with Crippen LogP contribution in [0.25, 0.3) is 0 Å². The van der Waals surface area contributed by atoms with Crippen LogP contribution in [0.2, 0.25) is 0 Å². The molecule has 1 saturated heterocycles. The molecule has 1 unspecified atom stereocenters. The van der Waals surface area contributed by atoms with Gasteiger partial charge in [-0.1, -0.05) is 13.8 Å². The van der Waals surface area contributed by atoms with Gasteiger partial charge in [-0.25, -0.2) is 0 Å². The summed E-state index contributed by atoms with van der Waals surface area (Å²) < 4.78 is 5.22.